The average Bonchev–Trinajstić information content (AvgIpc) is 2.48. The molecule has 2 N–H and O–H groups in total. The summed E-state index contributed by atoms with van der Waals surface area (Å²) in [7, 11) is -2.08. The highest BCUT2D eigenvalue weighted by molar-refractivity contribution is 7.89. The van der Waals surface area contributed by atoms with Gasteiger partial charge in [0.1, 0.15) is 5.82 Å². The second kappa shape index (κ2) is 4.73. The van der Waals surface area contributed by atoms with Crippen LogP contribution >= 0.6 is 0 Å². The normalized spacial score (nSPS) is 11.9. The lowest BCUT2D eigenvalue weighted by atomic mass is 10.4. The lowest BCUT2D eigenvalue weighted by molar-refractivity contribution is 0.190. The number of hydrogen-bond acceptors (Lipinski definition) is 4. The molecule has 0 bridgehead atoms. The van der Waals surface area contributed by atoms with E-state index >= 15 is 0 Å². The van der Waals surface area contributed by atoms with Crippen LogP contribution in [0.4, 0.5) is 0 Å². The Kier molecular flexibility index (Phi) is 3.83. The molecule has 0 saturated carbocycles. The van der Waals surface area contributed by atoms with Crippen molar-refractivity contribution in [2.75, 3.05) is 13.7 Å². The summed E-state index contributed by atoms with van der Waals surface area (Å²) in [6, 6.07) is 0. The van der Waals surface area contributed by atoms with E-state index in [9.17, 15) is 8.42 Å². The van der Waals surface area contributed by atoms with Gasteiger partial charge in [0, 0.05) is 26.5 Å². The highest BCUT2D eigenvalue weighted by Crippen LogP contribution is 2.07. The molecule has 0 aliphatic heterocycles. The number of aromatic nitrogens is 2. The van der Waals surface area contributed by atoms with Crippen molar-refractivity contribution in [3.8, 4) is 0 Å². The number of aryl methyl sites for hydroxylation is 2. The molecule has 0 atom stereocenters. The molecule has 0 unspecified atom stereocenters. The van der Waals surface area contributed by atoms with Gasteiger partial charge in [-0.2, -0.15) is 0 Å². The Labute approximate surface area is 89.1 Å². The molecule has 0 aliphatic rings. The SMILES string of the molecule is COCCCn1cc(S(N)(=O)=O)nc1C. The van der Waals surface area contributed by atoms with E-state index in [2.05, 4.69) is 4.98 Å². The van der Waals surface area contributed by atoms with E-state index in [1.165, 1.54) is 6.20 Å². The van der Waals surface area contributed by atoms with Crippen LogP contribution in [-0.4, -0.2) is 31.7 Å². The summed E-state index contributed by atoms with van der Waals surface area (Å²) in [5.41, 5.74) is 0. The van der Waals surface area contributed by atoms with Crippen molar-refractivity contribution in [1.29, 1.82) is 0 Å². The fourth-order valence-corrected chi connectivity index (χ4v) is 1.76. The Morgan fingerprint density at radius 1 is 1.60 bits per heavy atom. The number of nitrogens with two attached hydrogens (primary N) is 1. The molecule has 1 heterocycles. The number of ether oxygens (including phenoxy) is 1. The molecule has 0 aromatic carbocycles. The van der Waals surface area contributed by atoms with Crippen LogP contribution in [0.15, 0.2) is 11.2 Å². The average molecular weight is 233 g/mol. The van der Waals surface area contributed by atoms with Gasteiger partial charge in [0.15, 0.2) is 5.03 Å². The highest BCUT2D eigenvalue weighted by Gasteiger charge is 2.13. The maximum Gasteiger partial charge on any atom is 0.257 e. The molecule has 6 nitrogen and oxygen atoms in total. The second-order valence-corrected chi connectivity index (χ2v) is 4.72. The van der Waals surface area contributed by atoms with E-state index in [0.717, 1.165) is 6.42 Å². The summed E-state index contributed by atoms with van der Waals surface area (Å²) in [5, 5.41) is 4.88. The third kappa shape index (κ3) is 3.29. The van der Waals surface area contributed by atoms with Crippen LogP contribution in [0.2, 0.25) is 0 Å². The van der Waals surface area contributed by atoms with Crippen LogP contribution in [0.3, 0.4) is 0 Å². The van der Waals surface area contributed by atoms with Crippen LogP contribution < -0.4 is 5.14 Å². The van der Waals surface area contributed by atoms with E-state index in [1.54, 1.807) is 18.6 Å². The van der Waals surface area contributed by atoms with Crippen molar-refractivity contribution < 1.29 is 13.2 Å². The van der Waals surface area contributed by atoms with Gasteiger partial charge in [0.25, 0.3) is 10.0 Å². The quantitative estimate of drug-likeness (QED) is 0.718. The topological polar surface area (TPSA) is 87.2 Å². The summed E-state index contributed by atoms with van der Waals surface area (Å²) >= 11 is 0. The summed E-state index contributed by atoms with van der Waals surface area (Å²) in [6.45, 7) is 3.03. The summed E-state index contributed by atoms with van der Waals surface area (Å²) in [6.07, 6.45) is 2.25. The number of nitrogens with zero attached hydrogens (tertiary/aromatic N) is 2. The summed E-state index contributed by atoms with van der Waals surface area (Å²) < 4.78 is 28.7. The van der Waals surface area contributed by atoms with Gasteiger partial charge >= 0.3 is 0 Å². The monoisotopic (exact) mass is 233 g/mol. The number of methoxy groups -OCH3 is 1. The Hall–Kier alpha value is -0.920. The summed E-state index contributed by atoms with van der Waals surface area (Å²) in [5.74, 6) is 0.634. The Balaban J connectivity index is 2.78. The zero-order valence-corrected chi connectivity index (χ0v) is 9.62. The van der Waals surface area contributed by atoms with Crippen molar-refractivity contribution >= 4 is 10.0 Å². The van der Waals surface area contributed by atoms with Crippen LogP contribution in [0.5, 0.6) is 0 Å². The molecule has 86 valence electrons. The van der Waals surface area contributed by atoms with E-state index < -0.39 is 10.0 Å². The smallest absolute Gasteiger partial charge is 0.257 e. The first-order valence-electron chi connectivity index (χ1n) is 4.50. The second-order valence-electron chi connectivity index (χ2n) is 3.21. The zero-order valence-electron chi connectivity index (χ0n) is 8.80. The largest absolute Gasteiger partial charge is 0.385 e. The van der Waals surface area contributed by atoms with Gasteiger partial charge in [-0.25, -0.2) is 18.5 Å². The molecule has 1 rings (SSSR count). The van der Waals surface area contributed by atoms with Crippen LogP contribution in [0, 0.1) is 6.92 Å². The highest BCUT2D eigenvalue weighted by atomic mass is 32.2. The van der Waals surface area contributed by atoms with E-state index in [4.69, 9.17) is 9.88 Å². The Bertz CT molecular complexity index is 424. The van der Waals surface area contributed by atoms with Crippen LogP contribution in [0.25, 0.3) is 0 Å². The molecule has 15 heavy (non-hydrogen) atoms. The minimum atomic E-state index is -3.70. The van der Waals surface area contributed by atoms with Gasteiger partial charge in [-0.1, -0.05) is 0 Å². The van der Waals surface area contributed by atoms with Crippen molar-refractivity contribution in [2.24, 2.45) is 5.14 Å². The molecule has 0 radical (unpaired) electrons. The molecular weight excluding hydrogens is 218 g/mol. The Morgan fingerprint density at radius 3 is 2.73 bits per heavy atom. The van der Waals surface area contributed by atoms with E-state index in [1.807, 2.05) is 0 Å². The van der Waals surface area contributed by atoms with Gasteiger partial charge in [-0.15, -0.1) is 0 Å². The predicted octanol–water partition coefficient (Wildman–Crippen LogP) is -0.125. The van der Waals surface area contributed by atoms with Crippen LogP contribution in [-0.2, 0) is 21.3 Å². The Morgan fingerprint density at radius 2 is 2.27 bits per heavy atom. The molecular formula is C8H15N3O3S. The van der Waals surface area contributed by atoms with E-state index in [-0.39, 0.29) is 5.03 Å². The third-order valence-electron chi connectivity index (χ3n) is 1.99. The number of sulfonamides is 1. The maximum atomic E-state index is 11.0. The lowest BCUT2D eigenvalue weighted by Gasteiger charge is -2.02. The molecule has 0 fully saturated rings. The first kappa shape index (κ1) is 12.2. The molecule has 1 aromatic rings. The standard InChI is InChI=1S/C8H15N3O3S/c1-7-10-8(15(9,12)13)6-11(7)4-3-5-14-2/h6H,3-5H2,1-2H3,(H2,9,12,13). The van der Waals surface area contributed by atoms with Gasteiger partial charge in [-0.05, 0) is 13.3 Å². The fourth-order valence-electron chi connectivity index (χ4n) is 1.22. The number of hydrogen-bond donors (Lipinski definition) is 1. The molecule has 0 spiro atoms. The molecule has 0 aliphatic carbocycles. The van der Waals surface area contributed by atoms with Crippen molar-refractivity contribution in [2.45, 2.75) is 24.9 Å². The van der Waals surface area contributed by atoms with Crippen LogP contribution in [0.1, 0.15) is 12.2 Å². The first-order valence-corrected chi connectivity index (χ1v) is 6.05. The van der Waals surface area contributed by atoms with Gasteiger partial charge in [0.05, 0.1) is 0 Å². The number of rotatable bonds is 5. The minimum Gasteiger partial charge on any atom is -0.385 e. The third-order valence-corrected chi connectivity index (χ3v) is 2.77. The number of primary sulfonamides is 1. The summed E-state index contributed by atoms with van der Waals surface area (Å²) in [4.78, 5) is 3.87. The first-order chi connectivity index (χ1) is 6.95. The molecule has 1 aromatic heterocycles. The van der Waals surface area contributed by atoms with Gasteiger partial charge < -0.3 is 9.30 Å². The minimum absolute atomic E-state index is 0.0857. The molecule has 7 heteroatoms. The maximum absolute atomic E-state index is 11.0. The van der Waals surface area contributed by atoms with Gasteiger partial charge in [0.2, 0.25) is 0 Å². The molecule has 0 amide bonds. The fraction of sp³-hybridized carbons (Fsp3) is 0.625. The van der Waals surface area contributed by atoms with Crippen molar-refractivity contribution in [3.05, 3.63) is 12.0 Å². The zero-order chi connectivity index (χ0) is 11.5. The van der Waals surface area contributed by atoms with Crippen molar-refractivity contribution in [3.63, 3.8) is 0 Å². The van der Waals surface area contributed by atoms with Crippen molar-refractivity contribution in [1.82, 2.24) is 9.55 Å². The number of imidazole rings is 1. The lowest BCUT2D eigenvalue weighted by Crippen LogP contribution is -2.12. The molecule has 0 saturated heterocycles. The van der Waals surface area contributed by atoms with E-state index in [0.29, 0.717) is 19.0 Å². The predicted molar refractivity (Wildman–Crippen MR) is 54.8 cm³/mol. The van der Waals surface area contributed by atoms with Gasteiger partial charge in [-0.3, -0.25) is 0 Å².